The van der Waals surface area contributed by atoms with Gasteiger partial charge in [-0.05, 0) is 49.4 Å². The molecule has 1 heterocycles. The van der Waals surface area contributed by atoms with Crippen molar-refractivity contribution in [2.45, 2.75) is 64.5 Å². The Kier molecular flexibility index (Phi) is 6.35. The lowest BCUT2D eigenvalue weighted by atomic mass is 9.90. The van der Waals surface area contributed by atoms with Crippen LogP contribution >= 0.6 is 0 Å². The van der Waals surface area contributed by atoms with Crippen LogP contribution in [0.2, 0.25) is 0 Å². The Labute approximate surface area is 189 Å². The van der Waals surface area contributed by atoms with E-state index in [0.717, 1.165) is 49.7 Å². The maximum atomic E-state index is 13.3. The molecule has 1 aliphatic heterocycles. The number of aliphatic hydroxyl groups is 1. The summed E-state index contributed by atoms with van der Waals surface area (Å²) < 4.78 is 5.45. The molecule has 1 N–H and O–H groups in total. The van der Waals surface area contributed by atoms with Gasteiger partial charge in [-0.15, -0.1) is 0 Å². The summed E-state index contributed by atoms with van der Waals surface area (Å²) in [6.07, 6.45) is 5.90. The van der Waals surface area contributed by atoms with E-state index < -0.39 is 17.7 Å². The second-order valence-corrected chi connectivity index (χ2v) is 8.80. The third kappa shape index (κ3) is 3.92. The monoisotopic (exact) mass is 433 g/mol. The number of benzene rings is 2. The summed E-state index contributed by atoms with van der Waals surface area (Å²) in [6.45, 7) is 4.00. The minimum atomic E-state index is -0.624. The highest BCUT2D eigenvalue weighted by atomic mass is 16.5. The van der Waals surface area contributed by atoms with Crippen molar-refractivity contribution >= 4 is 17.4 Å². The number of carbonyl (C=O) groups excluding carboxylic acids is 2. The van der Waals surface area contributed by atoms with Crippen LogP contribution in [-0.4, -0.2) is 34.8 Å². The van der Waals surface area contributed by atoms with Crippen LogP contribution in [0, 0.1) is 6.92 Å². The van der Waals surface area contributed by atoms with Crippen LogP contribution in [0.4, 0.5) is 0 Å². The molecule has 1 aliphatic carbocycles. The number of aliphatic hydroxyl groups excluding tert-OH is 1. The molecule has 0 spiro atoms. The van der Waals surface area contributed by atoms with Crippen LogP contribution in [0.25, 0.3) is 5.76 Å². The Balaban J connectivity index is 1.90. The van der Waals surface area contributed by atoms with Crippen molar-refractivity contribution in [3.05, 3.63) is 70.3 Å². The van der Waals surface area contributed by atoms with E-state index in [1.807, 2.05) is 37.3 Å². The molecule has 5 heteroatoms. The summed E-state index contributed by atoms with van der Waals surface area (Å²) in [6, 6.07) is 12.9. The van der Waals surface area contributed by atoms with Crippen molar-refractivity contribution in [1.82, 2.24) is 4.90 Å². The molecule has 2 aliphatic rings. The average Bonchev–Trinajstić information content (AvgIpc) is 3.09. The maximum Gasteiger partial charge on any atom is 0.295 e. The lowest BCUT2D eigenvalue weighted by Gasteiger charge is -2.35. The zero-order chi connectivity index (χ0) is 22.8. The number of likely N-dealkylation sites (tertiary alicyclic amines) is 1. The van der Waals surface area contributed by atoms with Crippen molar-refractivity contribution in [1.29, 1.82) is 0 Å². The molecule has 168 valence electrons. The van der Waals surface area contributed by atoms with Gasteiger partial charge in [0.15, 0.2) is 0 Å². The number of aryl methyl sites for hydroxylation is 2. The highest BCUT2D eigenvalue weighted by Gasteiger charge is 2.49. The number of ketones is 1. The van der Waals surface area contributed by atoms with Crippen molar-refractivity contribution in [2.24, 2.45) is 0 Å². The van der Waals surface area contributed by atoms with Crippen LogP contribution in [0.5, 0.6) is 5.75 Å². The zero-order valence-electron chi connectivity index (χ0n) is 19.1. The number of Topliss-reactive ketones (excluding diaryl/α,β-unsaturated/α-hetero) is 1. The van der Waals surface area contributed by atoms with Gasteiger partial charge in [-0.1, -0.05) is 62.1 Å². The smallest absolute Gasteiger partial charge is 0.295 e. The topological polar surface area (TPSA) is 66.8 Å². The Morgan fingerprint density at radius 1 is 1.06 bits per heavy atom. The second-order valence-electron chi connectivity index (χ2n) is 8.80. The van der Waals surface area contributed by atoms with Crippen LogP contribution in [0.1, 0.15) is 67.3 Å². The van der Waals surface area contributed by atoms with E-state index in [0.29, 0.717) is 11.3 Å². The van der Waals surface area contributed by atoms with E-state index in [1.54, 1.807) is 17.0 Å². The van der Waals surface area contributed by atoms with Gasteiger partial charge in [-0.25, -0.2) is 0 Å². The van der Waals surface area contributed by atoms with Crippen molar-refractivity contribution in [3.63, 3.8) is 0 Å². The highest BCUT2D eigenvalue weighted by Crippen LogP contribution is 2.44. The number of hydrogen-bond acceptors (Lipinski definition) is 4. The van der Waals surface area contributed by atoms with Crippen molar-refractivity contribution in [2.75, 3.05) is 7.11 Å². The van der Waals surface area contributed by atoms with Crippen LogP contribution in [0.15, 0.2) is 48.0 Å². The molecule has 1 saturated carbocycles. The van der Waals surface area contributed by atoms with E-state index in [1.165, 1.54) is 12.7 Å². The normalized spacial score (nSPS) is 21.2. The molecule has 5 nitrogen and oxygen atoms in total. The molecule has 4 rings (SSSR count). The summed E-state index contributed by atoms with van der Waals surface area (Å²) in [7, 11) is 1.53. The molecule has 1 unspecified atom stereocenters. The summed E-state index contributed by atoms with van der Waals surface area (Å²) >= 11 is 0. The summed E-state index contributed by atoms with van der Waals surface area (Å²) in [4.78, 5) is 28.3. The van der Waals surface area contributed by atoms with Gasteiger partial charge in [0.1, 0.15) is 11.5 Å². The SMILES string of the molecule is CCc1ccc(C2/C(=C(\O)c3cc(C)ccc3OC)C(=O)C(=O)N2C2CCCCC2)cc1. The average molecular weight is 434 g/mol. The minimum Gasteiger partial charge on any atom is -0.507 e. The first-order chi connectivity index (χ1) is 15.5. The zero-order valence-corrected chi connectivity index (χ0v) is 19.1. The molecule has 2 aromatic rings. The third-order valence-corrected chi connectivity index (χ3v) is 6.76. The Morgan fingerprint density at radius 3 is 2.38 bits per heavy atom. The lowest BCUT2D eigenvalue weighted by Crippen LogP contribution is -2.40. The predicted molar refractivity (Wildman–Crippen MR) is 125 cm³/mol. The first kappa shape index (κ1) is 22.1. The molecule has 0 radical (unpaired) electrons. The summed E-state index contributed by atoms with van der Waals surface area (Å²) in [5, 5.41) is 11.4. The summed E-state index contributed by atoms with van der Waals surface area (Å²) in [5.41, 5.74) is 3.54. The molecule has 1 saturated heterocycles. The highest BCUT2D eigenvalue weighted by molar-refractivity contribution is 6.46. The Hall–Kier alpha value is -3.08. The van der Waals surface area contributed by atoms with Crippen LogP contribution in [0.3, 0.4) is 0 Å². The van der Waals surface area contributed by atoms with Gasteiger partial charge in [0.2, 0.25) is 0 Å². The van der Waals surface area contributed by atoms with E-state index >= 15 is 0 Å². The van der Waals surface area contributed by atoms with Gasteiger partial charge in [-0.3, -0.25) is 9.59 Å². The molecule has 2 fully saturated rings. The minimum absolute atomic E-state index is 0.000701. The van der Waals surface area contributed by atoms with E-state index in [4.69, 9.17) is 4.74 Å². The van der Waals surface area contributed by atoms with Gasteiger partial charge in [0, 0.05) is 6.04 Å². The van der Waals surface area contributed by atoms with Gasteiger partial charge in [0.05, 0.1) is 24.3 Å². The number of nitrogens with zero attached hydrogens (tertiary/aromatic N) is 1. The first-order valence-electron chi connectivity index (χ1n) is 11.5. The molecule has 0 aromatic heterocycles. The number of carbonyl (C=O) groups is 2. The number of amides is 1. The van der Waals surface area contributed by atoms with E-state index in [-0.39, 0.29) is 17.4 Å². The van der Waals surface area contributed by atoms with E-state index in [9.17, 15) is 14.7 Å². The summed E-state index contributed by atoms with van der Waals surface area (Å²) in [5.74, 6) is -0.848. The fourth-order valence-electron chi connectivity index (χ4n) is 5.00. The molecule has 2 aromatic carbocycles. The fraction of sp³-hybridized carbons (Fsp3) is 0.407. The third-order valence-electron chi connectivity index (χ3n) is 6.76. The largest absolute Gasteiger partial charge is 0.507 e. The molecule has 1 amide bonds. The Bertz CT molecular complexity index is 1050. The number of hydrogen-bond donors (Lipinski definition) is 1. The quantitative estimate of drug-likeness (QED) is 0.394. The Morgan fingerprint density at radius 2 is 1.75 bits per heavy atom. The second kappa shape index (κ2) is 9.19. The predicted octanol–water partition coefficient (Wildman–Crippen LogP) is 5.32. The fourth-order valence-corrected chi connectivity index (χ4v) is 5.00. The number of rotatable bonds is 5. The van der Waals surface area contributed by atoms with Gasteiger partial charge < -0.3 is 14.7 Å². The molecular weight excluding hydrogens is 402 g/mol. The maximum absolute atomic E-state index is 13.3. The van der Waals surface area contributed by atoms with Crippen LogP contribution < -0.4 is 4.74 Å². The number of ether oxygens (including phenoxy) is 1. The standard InChI is InChI=1S/C27H31NO4/c1-4-18-11-13-19(14-12-18)24-23(25(29)21-16-17(2)10-15-22(21)32-3)26(30)27(31)28(24)20-8-6-5-7-9-20/h10-16,20,24,29H,4-9H2,1-3H3/b25-23+. The molecular formula is C27H31NO4. The number of methoxy groups -OCH3 is 1. The van der Waals surface area contributed by atoms with Crippen LogP contribution in [-0.2, 0) is 16.0 Å². The lowest BCUT2D eigenvalue weighted by molar-refractivity contribution is -0.141. The van der Waals surface area contributed by atoms with Crippen molar-refractivity contribution in [3.8, 4) is 5.75 Å². The van der Waals surface area contributed by atoms with E-state index in [2.05, 4.69) is 6.92 Å². The molecule has 32 heavy (non-hydrogen) atoms. The van der Waals surface area contributed by atoms with Gasteiger partial charge >= 0.3 is 0 Å². The first-order valence-corrected chi connectivity index (χ1v) is 11.5. The van der Waals surface area contributed by atoms with Gasteiger partial charge in [0.25, 0.3) is 11.7 Å². The van der Waals surface area contributed by atoms with Crippen molar-refractivity contribution < 1.29 is 19.4 Å². The van der Waals surface area contributed by atoms with Gasteiger partial charge in [-0.2, -0.15) is 0 Å². The molecule has 1 atom stereocenters. The molecule has 0 bridgehead atoms.